The summed E-state index contributed by atoms with van der Waals surface area (Å²) in [5.74, 6) is -0.162. The van der Waals surface area contributed by atoms with Crippen LogP contribution in [0.4, 0.5) is 0 Å². The van der Waals surface area contributed by atoms with E-state index in [2.05, 4.69) is 11.1 Å². The summed E-state index contributed by atoms with van der Waals surface area (Å²) >= 11 is 0. The Morgan fingerprint density at radius 2 is 1.78 bits per heavy atom. The monoisotopic (exact) mass is 239 g/mol. The Kier molecular flexibility index (Phi) is 2.45. The predicted molar refractivity (Wildman–Crippen MR) is 70.9 cm³/mol. The molecule has 0 spiro atoms. The van der Waals surface area contributed by atoms with Crippen LogP contribution in [0.25, 0.3) is 10.9 Å². The van der Waals surface area contributed by atoms with Crippen LogP contribution in [0.2, 0.25) is 0 Å². The van der Waals surface area contributed by atoms with E-state index >= 15 is 0 Å². The summed E-state index contributed by atoms with van der Waals surface area (Å²) in [6.07, 6.45) is 2.70. The number of aromatic hydroxyl groups is 2. The van der Waals surface area contributed by atoms with E-state index in [1.54, 1.807) is 6.07 Å². The Morgan fingerprint density at radius 3 is 2.61 bits per heavy atom. The molecule has 0 unspecified atom stereocenters. The molecule has 3 heteroatoms. The van der Waals surface area contributed by atoms with Gasteiger partial charge < -0.3 is 15.2 Å². The number of phenolic OH excluding ortho intramolecular Hbond substituents is 2. The van der Waals surface area contributed by atoms with Crippen molar-refractivity contribution in [2.75, 3.05) is 0 Å². The van der Waals surface area contributed by atoms with E-state index in [4.69, 9.17) is 0 Å². The van der Waals surface area contributed by atoms with Crippen molar-refractivity contribution in [2.45, 2.75) is 6.42 Å². The number of hydrogen-bond acceptors (Lipinski definition) is 2. The number of benzene rings is 2. The molecule has 3 aromatic rings. The van der Waals surface area contributed by atoms with Gasteiger partial charge in [-0.25, -0.2) is 0 Å². The lowest BCUT2D eigenvalue weighted by molar-refractivity contribution is 0.403. The quantitative estimate of drug-likeness (QED) is 0.601. The van der Waals surface area contributed by atoms with Gasteiger partial charge in [0.25, 0.3) is 0 Å². The van der Waals surface area contributed by atoms with Gasteiger partial charge in [0.1, 0.15) is 0 Å². The van der Waals surface area contributed by atoms with Crippen LogP contribution in [0.5, 0.6) is 11.5 Å². The highest BCUT2D eigenvalue weighted by Gasteiger charge is 2.06. The average Bonchev–Trinajstić information content (AvgIpc) is 2.78. The molecule has 1 aromatic heterocycles. The Morgan fingerprint density at radius 1 is 0.944 bits per heavy atom. The summed E-state index contributed by atoms with van der Waals surface area (Å²) in [4.78, 5) is 3.22. The predicted octanol–water partition coefficient (Wildman–Crippen LogP) is 3.17. The lowest BCUT2D eigenvalue weighted by Gasteiger charge is -2.03. The Hall–Kier alpha value is -2.42. The smallest absolute Gasteiger partial charge is 0.157 e. The van der Waals surface area contributed by atoms with Gasteiger partial charge >= 0.3 is 0 Å². The fraction of sp³-hybridized carbons (Fsp3) is 0.0667. The molecule has 0 aliphatic rings. The number of phenols is 2. The maximum atomic E-state index is 9.48. The summed E-state index contributed by atoms with van der Waals surface area (Å²) in [5, 5.41) is 20.0. The van der Waals surface area contributed by atoms with Gasteiger partial charge in [-0.3, -0.25) is 0 Å². The number of fused-ring (bicyclic) bond motifs is 1. The van der Waals surface area contributed by atoms with Gasteiger partial charge in [-0.05, 0) is 35.7 Å². The summed E-state index contributed by atoms with van der Waals surface area (Å²) in [5.41, 5.74) is 3.25. The second-order valence-corrected chi connectivity index (χ2v) is 4.36. The maximum absolute atomic E-state index is 9.48. The minimum atomic E-state index is -0.0855. The van der Waals surface area contributed by atoms with Gasteiger partial charge in [-0.1, -0.05) is 24.3 Å². The molecular formula is C15H13NO2. The van der Waals surface area contributed by atoms with E-state index in [-0.39, 0.29) is 11.5 Å². The van der Waals surface area contributed by atoms with Crippen molar-refractivity contribution in [3.63, 3.8) is 0 Å². The Labute approximate surface area is 104 Å². The molecule has 0 atom stereocenters. The van der Waals surface area contributed by atoms with Gasteiger partial charge in [0, 0.05) is 17.1 Å². The molecule has 0 bridgehead atoms. The molecular weight excluding hydrogens is 226 g/mol. The molecule has 0 radical (unpaired) electrons. The van der Waals surface area contributed by atoms with Crippen molar-refractivity contribution in [1.29, 1.82) is 0 Å². The summed E-state index contributed by atoms with van der Waals surface area (Å²) in [6.45, 7) is 0. The van der Waals surface area contributed by atoms with Crippen LogP contribution in [-0.2, 0) is 6.42 Å². The molecule has 3 N–H and O–H groups in total. The first kappa shape index (κ1) is 10.7. The highest BCUT2D eigenvalue weighted by atomic mass is 16.3. The maximum Gasteiger partial charge on any atom is 0.157 e. The largest absolute Gasteiger partial charge is 0.504 e. The fourth-order valence-corrected chi connectivity index (χ4v) is 2.18. The van der Waals surface area contributed by atoms with Gasteiger partial charge in [-0.2, -0.15) is 0 Å². The fourth-order valence-electron chi connectivity index (χ4n) is 2.18. The van der Waals surface area contributed by atoms with Crippen LogP contribution in [0, 0.1) is 0 Å². The first-order chi connectivity index (χ1) is 8.74. The molecule has 0 aliphatic carbocycles. The molecule has 18 heavy (non-hydrogen) atoms. The first-order valence-corrected chi connectivity index (χ1v) is 5.80. The van der Waals surface area contributed by atoms with E-state index < -0.39 is 0 Å². The molecule has 1 heterocycles. The molecule has 0 saturated carbocycles. The van der Waals surface area contributed by atoms with Crippen molar-refractivity contribution in [3.8, 4) is 11.5 Å². The van der Waals surface area contributed by atoms with Crippen LogP contribution >= 0.6 is 0 Å². The van der Waals surface area contributed by atoms with Crippen LogP contribution in [0.3, 0.4) is 0 Å². The minimum absolute atomic E-state index is 0.0765. The molecule has 3 nitrogen and oxygen atoms in total. The van der Waals surface area contributed by atoms with Crippen LogP contribution in [0.15, 0.2) is 48.7 Å². The molecule has 3 rings (SSSR count). The third-order valence-corrected chi connectivity index (χ3v) is 3.11. The summed E-state index contributed by atoms with van der Waals surface area (Å²) in [6, 6.07) is 13.0. The number of aromatic nitrogens is 1. The highest BCUT2D eigenvalue weighted by molar-refractivity contribution is 5.83. The zero-order valence-corrected chi connectivity index (χ0v) is 9.72. The zero-order chi connectivity index (χ0) is 12.5. The lowest BCUT2D eigenvalue weighted by atomic mass is 10.0. The van der Waals surface area contributed by atoms with Gasteiger partial charge in [0.2, 0.25) is 0 Å². The topological polar surface area (TPSA) is 56.2 Å². The van der Waals surface area contributed by atoms with Crippen molar-refractivity contribution < 1.29 is 10.2 Å². The van der Waals surface area contributed by atoms with Gasteiger partial charge in [0.15, 0.2) is 11.5 Å². The minimum Gasteiger partial charge on any atom is -0.504 e. The zero-order valence-electron chi connectivity index (χ0n) is 9.72. The SMILES string of the molecule is Oc1ccc(Cc2c[nH]c3ccccc23)cc1O. The molecule has 0 aliphatic heterocycles. The van der Waals surface area contributed by atoms with Crippen LogP contribution in [-0.4, -0.2) is 15.2 Å². The molecule has 90 valence electrons. The van der Waals surface area contributed by atoms with E-state index in [0.29, 0.717) is 0 Å². The summed E-state index contributed by atoms with van der Waals surface area (Å²) in [7, 11) is 0. The van der Waals surface area contributed by atoms with Crippen molar-refractivity contribution in [2.24, 2.45) is 0 Å². The van der Waals surface area contributed by atoms with Gasteiger partial charge in [0.05, 0.1) is 0 Å². The molecule has 0 saturated heterocycles. The number of para-hydroxylation sites is 1. The van der Waals surface area contributed by atoms with E-state index in [1.807, 2.05) is 30.5 Å². The van der Waals surface area contributed by atoms with Crippen molar-refractivity contribution >= 4 is 10.9 Å². The third kappa shape index (κ3) is 1.80. The standard InChI is InChI=1S/C15H13NO2/c17-14-6-5-10(8-15(14)18)7-11-9-16-13-4-2-1-3-12(11)13/h1-6,8-9,16-18H,7H2. The number of nitrogens with one attached hydrogen (secondary N) is 1. The second-order valence-electron chi connectivity index (χ2n) is 4.36. The number of rotatable bonds is 2. The third-order valence-electron chi connectivity index (χ3n) is 3.11. The highest BCUT2D eigenvalue weighted by Crippen LogP contribution is 2.27. The lowest BCUT2D eigenvalue weighted by Crippen LogP contribution is -1.86. The van der Waals surface area contributed by atoms with Crippen LogP contribution < -0.4 is 0 Å². The normalized spacial score (nSPS) is 10.9. The Balaban J connectivity index is 1.98. The van der Waals surface area contributed by atoms with Crippen molar-refractivity contribution in [1.82, 2.24) is 4.98 Å². The van der Waals surface area contributed by atoms with Crippen molar-refractivity contribution in [3.05, 3.63) is 59.8 Å². The average molecular weight is 239 g/mol. The van der Waals surface area contributed by atoms with E-state index in [0.717, 1.165) is 17.5 Å². The first-order valence-electron chi connectivity index (χ1n) is 5.80. The number of hydrogen-bond donors (Lipinski definition) is 3. The molecule has 2 aromatic carbocycles. The number of aromatic amines is 1. The van der Waals surface area contributed by atoms with Crippen LogP contribution in [0.1, 0.15) is 11.1 Å². The molecule has 0 fully saturated rings. The molecule has 0 amide bonds. The number of H-pyrrole nitrogens is 1. The second kappa shape index (κ2) is 4.11. The Bertz CT molecular complexity index is 701. The van der Waals surface area contributed by atoms with Gasteiger partial charge in [-0.15, -0.1) is 0 Å². The van der Waals surface area contributed by atoms with E-state index in [9.17, 15) is 10.2 Å². The summed E-state index contributed by atoms with van der Waals surface area (Å²) < 4.78 is 0. The van der Waals surface area contributed by atoms with E-state index in [1.165, 1.54) is 17.0 Å².